The molecule has 1 saturated heterocycles. The molecule has 1 fully saturated rings. The molecule has 2 amide bonds. The number of anilines is 1. The Balaban J connectivity index is 1.53. The third-order valence-electron chi connectivity index (χ3n) is 5.90. The van der Waals surface area contributed by atoms with Gasteiger partial charge in [0.05, 0.1) is 16.6 Å². The summed E-state index contributed by atoms with van der Waals surface area (Å²) in [6.07, 6.45) is 3.52. The number of nitrogens with one attached hydrogen (secondary N) is 1. The van der Waals surface area contributed by atoms with E-state index in [0.717, 1.165) is 21.9 Å². The zero-order valence-corrected chi connectivity index (χ0v) is 25.2. The summed E-state index contributed by atoms with van der Waals surface area (Å²) < 4.78 is 10.4. The fourth-order valence-electron chi connectivity index (χ4n) is 3.77. The lowest BCUT2D eigenvalue weighted by atomic mass is 9.97. The first-order valence-corrected chi connectivity index (χ1v) is 14.9. The number of hydrogen-bond donors (Lipinski definition) is 2. The number of hydrogen-bond acceptors (Lipinski definition) is 14. The Bertz CT molecular complexity index is 1440. The highest BCUT2D eigenvalue weighted by Crippen LogP contribution is 2.41. The van der Waals surface area contributed by atoms with Gasteiger partial charge in [-0.2, -0.15) is 0 Å². The number of oxime groups is 1. The van der Waals surface area contributed by atoms with Crippen molar-refractivity contribution in [3.63, 3.8) is 0 Å². The minimum atomic E-state index is -1.13. The number of nitrogens with two attached hydrogens (primary N) is 1. The zero-order valence-electron chi connectivity index (χ0n) is 22.8. The number of nitrogen functional groups attached to an aromatic ring is 1. The molecule has 4 heterocycles. The minimum Gasteiger partial charge on any atom is -0.427 e. The first-order valence-electron chi connectivity index (χ1n) is 12.2. The van der Waals surface area contributed by atoms with Crippen LogP contribution in [0.2, 0.25) is 0 Å². The average Bonchev–Trinajstić information content (AvgIpc) is 3.54. The fourth-order valence-corrected chi connectivity index (χ4v) is 6.22. The van der Waals surface area contributed by atoms with Crippen LogP contribution in [-0.4, -0.2) is 75.7 Å². The number of carbonyl (C=O) groups is 4. The van der Waals surface area contributed by atoms with Crippen LogP contribution in [0.15, 0.2) is 33.1 Å². The number of thioether (sulfide) groups is 1. The normalized spacial score (nSPS) is 20.7. The minimum absolute atomic E-state index is 0.150. The summed E-state index contributed by atoms with van der Waals surface area (Å²) in [6, 6.07) is -2.10. The molecular weight excluding hydrogens is 593 g/mol. The summed E-state index contributed by atoms with van der Waals surface area (Å²) >= 11 is 3.81. The number of fused-ring (bicyclic) bond motifs is 1. The van der Waals surface area contributed by atoms with Crippen molar-refractivity contribution in [2.45, 2.75) is 45.2 Å². The molecule has 2 aromatic rings. The van der Waals surface area contributed by atoms with Gasteiger partial charge in [0.25, 0.3) is 5.91 Å². The number of esters is 2. The number of aryl methyl sites for hydroxylation is 1. The second-order valence-electron chi connectivity index (χ2n) is 9.84. The maximum atomic E-state index is 13.4. The van der Waals surface area contributed by atoms with E-state index in [9.17, 15) is 19.2 Å². The van der Waals surface area contributed by atoms with Crippen molar-refractivity contribution in [1.82, 2.24) is 20.2 Å². The van der Waals surface area contributed by atoms with E-state index in [1.807, 2.05) is 6.92 Å². The summed E-state index contributed by atoms with van der Waals surface area (Å²) in [4.78, 5) is 67.1. The molecule has 0 aromatic carbocycles. The van der Waals surface area contributed by atoms with Crippen LogP contribution < -0.4 is 11.1 Å². The highest BCUT2D eigenvalue weighted by molar-refractivity contribution is 8.03. The van der Waals surface area contributed by atoms with Crippen LogP contribution in [0.3, 0.4) is 0 Å². The number of rotatable bonds is 9. The lowest BCUT2D eigenvalue weighted by Gasteiger charge is -2.51. The highest BCUT2D eigenvalue weighted by atomic mass is 32.2. The predicted octanol–water partition coefficient (Wildman–Crippen LogP) is 2.30. The zero-order chi connectivity index (χ0) is 29.9. The van der Waals surface area contributed by atoms with E-state index in [0.29, 0.717) is 5.57 Å². The van der Waals surface area contributed by atoms with E-state index in [1.165, 1.54) is 35.1 Å². The molecule has 41 heavy (non-hydrogen) atoms. The Morgan fingerprint density at radius 2 is 1.98 bits per heavy atom. The molecule has 218 valence electrons. The summed E-state index contributed by atoms with van der Waals surface area (Å²) in [5.74, 6) is -2.53. The van der Waals surface area contributed by atoms with Gasteiger partial charge in [-0.1, -0.05) is 11.2 Å². The Kier molecular flexibility index (Phi) is 9.14. The van der Waals surface area contributed by atoms with E-state index in [1.54, 1.807) is 49.2 Å². The molecule has 3 N–H and O–H groups in total. The van der Waals surface area contributed by atoms with Crippen LogP contribution in [0.4, 0.5) is 5.13 Å². The lowest BCUT2D eigenvalue weighted by Crippen LogP contribution is -2.74. The van der Waals surface area contributed by atoms with Gasteiger partial charge in [0.2, 0.25) is 12.7 Å². The summed E-state index contributed by atoms with van der Waals surface area (Å²) in [7, 11) is 1.28. The van der Waals surface area contributed by atoms with Gasteiger partial charge in [-0.05, 0) is 44.8 Å². The molecule has 0 radical (unpaired) electrons. The summed E-state index contributed by atoms with van der Waals surface area (Å²) in [5, 5.41) is 9.30. The van der Waals surface area contributed by atoms with Crippen molar-refractivity contribution in [3.05, 3.63) is 44.2 Å². The Labute approximate surface area is 247 Å². The molecule has 4 rings (SSSR count). The molecule has 0 spiro atoms. The number of ether oxygens (including phenoxy) is 2. The first kappa shape index (κ1) is 30.2. The largest absolute Gasteiger partial charge is 0.427 e. The lowest BCUT2D eigenvalue weighted by molar-refractivity contribution is -0.179. The molecule has 0 bridgehead atoms. The second kappa shape index (κ2) is 12.4. The van der Waals surface area contributed by atoms with Gasteiger partial charge in [-0.15, -0.1) is 34.4 Å². The van der Waals surface area contributed by atoms with Crippen molar-refractivity contribution < 1.29 is 33.5 Å². The number of β-lactam (4-membered cyclic amide) rings is 1. The Morgan fingerprint density at radius 1 is 1.22 bits per heavy atom. The summed E-state index contributed by atoms with van der Waals surface area (Å²) in [5.41, 5.74) is 7.96. The van der Waals surface area contributed by atoms with Crippen molar-refractivity contribution >= 4 is 75.1 Å². The molecule has 2 aromatic heterocycles. The van der Waals surface area contributed by atoms with Crippen molar-refractivity contribution in [2.24, 2.45) is 10.6 Å². The molecule has 0 aliphatic carbocycles. The van der Waals surface area contributed by atoms with Gasteiger partial charge in [0, 0.05) is 10.3 Å². The number of carbonyl (C=O) groups excluding carboxylic acids is 4. The Hall–Kier alpha value is -3.76. The molecule has 3 atom stereocenters. The van der Waals surface area contributed by atoms with E-state index < -0.39 is 53.4 Å². The number of nitrogens with zero attached hydrogens (tertiary/aromatic N) is 4. The van der Waals surface area contributed by atoms with Crippen LogP contribution in [0.1, 0.15) is 37.0 Å². The van der Waals surface area contributed by atoms with Gasteiger partial charge in [-0.3, -0.25) is 14.4 Å². The van der Waals surface area contributed by atoms with Crippen molar-refractivity contribution in [2.75, 3.05) is 19.6 Å². The SMILES string of the molecule is CON=C(C(=O)N[C@@H]1C(=O)N2C(C(=O)OCOC(=O)C(C)(C)C)C(C=Cc3scnc3C)=CS[C@H]12)c1csc(N)n1. The first-order chi connectivity index (χ1) is 19.4. The number of thiazole rings is 2. The fraction of sp³-hybridized carbons (Fsp3) is 0.400. The monoisotopic (exact) mass is 620 g/mol. The predicted molar refractivity (Wildman–Crippen MR) is 154 cm³/mol. The van der Waals surface area contributed by atoms with Crippen LogP contribution in [0.25, 0.3) is 6.08 Å². The van der Waals surface area contributed by atoms with Gasteiger partial charge < -0.3 is 30.3 Å². The molecule has 13 nitrogen and oxygen atoms in total. The molecule has 2 aliphatic heterocycles. The van der Waals surface area contributed by atoms with Gasteiger partial charge in [-0.25, -0.2) is 14.8 Å². The molecule has 2 aliphatic rings. The molecular formula is C25H28N6O7S3. The van der Waals surface area contributed by atoms with E-state index in [4.69, 9.17) is 20.0 Å². The molecule has 16 heteroatoms. The van der Waals surface area contributed by atoms with Gasteiger partial charge >= 0.3 is 11.9 Å². The smallest absolute Gasteiger partial charge is 0.336 e. The summed E-state index contributed by atoms with van der Waals surface area (Å²) in [6.45, 7) is 6.27. The molecule has 0 saturated carbocycles. The maximum absolute atomic E-state index is 13.4. The Morgan fingerprint density at radius 3 is 2.59 bits per heavy atom. The van der Waals surface area contributed by atoms with Crippen LogP contribution in [0, 0.1) is 12.3 Å². The van der Waals surface area contributed by atoms with Gasteiger partial charge in [0.15, 0.2) is 16.9 Å². The van der Waals surface area contributed by atoms with Crippen LogP contribution >= 0.6 is 34.4 Å². The number of amides is 2. The quantitative estimate of drug-likeness (QED) is 0.138. The molecule has 1 unspecified atom stereocenters. The van der Waals surface area contributed by atoms with Crippen LogP contribution in [0.5, 0.6) is 0 Å². The van der Waals surface area contributed by atoms with Gasteiger partial charge in [0.1, 0.15) is 24.2 Å². The second-order valence-corrected chi connectivity index (χ2v) is 12.6. The van der Waals surface area contributed by atoms with Crippen molar-refractivity contribution in [1.29, 1.82) is 0 Å². The third-order valence-corrected chi connectivity index (χ3v) is 8.66. The third kappa shape index (κ3) is 6.60. The topological polar surface area (TPSA) is 175 Å². The standard InChI is InChI=1S/C25H28N6O7S3/c1-12-15(41-10-27-12)7-6-13-8-39-21-17(29-19(32)16(30-36-5)14-9-40-24(26)28-14)20(33)31(21)18(13)22(34)37-11-38-23(35)25(2,3)4/h6-10,17-18,21H,11H2,1-5H3,(H2,26,28)(H,29,32)/t17-,18?,21-/m1/s1. The highest BCUT2D eigenvalue weighted by Gasteiger charge is 2.56. The van der Waals surface area contributed by atoms with Crippen LogP contribution in [-0.2, 0) is 33.5 Å². The average molecular weight is 621 g/mol. The van der Waals surface area contributed by atoms with E-state index >= 15 is 0 Å². The van der Waals surface area contributed by atoms with E-state index in [2.05, 4.69) is 20.4 Å². The number of aromatic nitrogens is 2. The maximum Gasteiger partial charge on any atom is 0.336 e. The van der Waals surface area contributed by atoms with E-state index in [-0.39, 0.29) is 16.5 Å². The van der Waals surface area contributed by atoms with Crippen molar-refractivity contribution in [3.8, 4) is 0 Å².